The number of hydrogen-bond acceptors (Lipinski definition) is 5. The van der Waals surface area contributed by atoms with Gasteiger partial charge in [-0.15, -0.1) is 11.8 Å². The summed E-state index contributed by atoms with van der Waals surface area (Å²) in [5.41, 5.74) is 7.60. The number of aryl methyl sites for hydroxylation is 1. The number of nitrogens with zero attached hydrogens (tertiary/aromatic N) is 3. The van der Waals surface area contributed by atoms with Gasteiger partial charge in [0.2, 0.25) is 0 Å². The predicted octanol–water partition coefficient (Wildman–Crippen LogP) is 2.63. The normalized spacial score (nSPS) is 10.1. The first kappa shape index (κ1) is 12.4. The summed E-state index contributed by atoms with van der Waals surface area (Å²) >= 11 is 1.68. The van der Waals surface area contributed by atoms with Gasteiger partial charge in [0.15, 0.2) is 5.82 Å². The number of benzene rings is 1. The summed E-state index contributed by atoms with van der Waals surface area (Å²) in [4.78, 5) is 9.66. The van der Waals surface area contributed by atoms with Gasteiger partial charge in [0.1, 0.15) is 17.5 Å². The minimum atomic E-state index is 0.231. The van der Waals surface area contributed by atoms with Crippen molar-refractivity contribution in [2.75, 3.05) is 12.0 Å². The average Bonchev–Trinajstić information content (AvgIpc) is 2.38. The van der Waals surface area contributed by atoms with E-state index >= 15 is 0 Å². The molecule has 1 heterocycles. The zero-order chi connectivity index (χ0) is 13.1. The second kappa shape index (κ2) is 5.07. The molecule has 0 unspecified atom stereocenters. The molecule has 0 spiro atoms. The van der Waals surface area contributed by atoms with Gasteiger partial charge in [-0.2, -0.15) is 5.26 Å². The van der Waals surface area contributed by atoms with Crippen molar-refractivity contribution in [1.29, 1.82) is 5.26 Å². The Bertz CT molecular complexity index is 591. The van der Waals surface area contributed by atoms with Gasteiger partial charge in [-0.05, 0) is 25.3 Å². The minimum absolute atomic E-state index is 0.231. The molecule has 1 aromatic carbocycles. The maximum atomic E-state index is 8.92. The number of nitriles is 1. The van der Waals surface area contributed by atoms with Gasteiger partial charge < -0.3 is 5.73 Å². The van der Waals surface area contributed by atoms with E-state index in [9.17, 15) is 0 Å². The summed E-state index contributed by atoms with van der Waals surface area (Å²) in [6, 6.07) is 9.92. The van der Waals surface area contributed by atoms with Crippen LogP contribution in [-0.4, -0.2) is 16.2 Å². The van der Waals surface area contributed by atoms with E-state index in [1.54, 1.807) is 18.7 Å². The Morgan fingerprint density at radius 3 is 2.39 bits per heavy atom. The Kier molecular flexibility index (Phi) is 3.49. The molecule has 18 heavy (non-hydrogen) atoms. The Balaban J connectivity index is 2.48. The molecule has 0 aliphatic carbocycles. The van der Waals surface area contributed by atoms with Crippen molar-refractivity contribution in [3.63, 3.8) is 0 Å². The molecule has 0 saturated carbocycles. The van der Waals surface area contributed by atoms with Crippen LogP contribution in [0.5, 0.6) is 0 Å². The highest BCUT2D eigenvalue weighted by molar-refractivity contribution is 7.98. The first-order chi connectivity index (χ1) is 8.65. The van der Waals surface area contributed by atoms with E-state index in [4.69, 9.17) is 11.0 Å². The third-order valence-electron chi connectivity index (χ3n) is 2.58. The van der Waals surface area contributed by atoms with Gasteiger partial charge in [-0.3, -0.25) is 0 Å². The van der Waals surface area contributed by atoms with Crippen LogP contribution in [-0.2, 0) is 0 Å². The van der Waals surface area contributed by atoms with E-state index in [2.05, 4.69) is 9.97 Å². The standard InChI is InChI=1S/C13H12N4S/c1-8-11(7-14)12(15)17-13(16-8)9-3-5-10(18-2)6-4-9/h3-6H,1-2H3,(H2,15,16,17). The number of thioether (sulfide) groups is 1. The molecule has 0 radical (unpaired) electrons. The molecule has 0 aliphatic rings. The lowest BCUT2D eigenvalue weighted by Gasteiger charge is -2.06. The smallest absolute Gasteiger partial charge is 0.161 e. The van der Waals surface area contributed by atoms with E-state index in [0.717, 1.165) is 5.56 Å². The van der Waals surface area contributed by atoms with Crippen LogP contribution in [0, 0.1) is 18.3 Å². The van der Waals surface area contributed by atoms with Crippen LogP contribution >= 0.6 is 11.8 Å². The van der Waals surface area contributed by atoms with E-state index in [-0.39, 0.29) is 5.82 Å². The molecule has 5 heteroatoms. The quantitative estimate of drug-likeness (QED) is 0.836. The molecule has 0 saturated heterocycles. The first-order valence-electron chi connectivity index (χ1n) is 5.34. The molecule has 0 atom stereocenters. The Labute approximate surface area is 110 Å². The molecule has 0 amide bonds. The molecule has 0 fully saturated rings. The maximum absolute atomic E-state index is 8.92. The third-order valence-corrected chi connectivity index (χ3v) is 3.32. The molecule has 0 bridgehead atoms. The largest absolute Gasteiger partial charge is 0.382 e. The number of aromatic nitrogens is 2. The van der Waals surface area contributed by atoms with Crippen LogP contribution in [0.4, 0.5) is 5.82 Å². The summed E-state index contributed by atoms with van der Waals surface area (Å²) < 4.78 is 0. The van der Waals surface area contributed by atoms with Crippen LogP contribution in [0.3, 0.4) is 0 Å². The van der Waals surface area contributed by atoms with Crippen LogP contribution in [0.1, 0.15) is 11.3 Å². The summed E-state index contributed by atoms with van der Waals surface area (Å²) in [5, 5.41) is 8.92. The van der Waals surface area contributed by atoms with Crippen LogP contribution in [0.15, 0.2) is 29.2 Å². The van der Waals surface area contributed by atoms with Crippen molar-refractivity contribution in [2.45, 2.75) is 11.8 Å². The summed E-state index contributed by atoms with van der Waals surface area (Å²) in [6.45, 7) is 1.76. The lowest BCUT2D eigenvalue weighted by Crippen LogP contribution is -2.02. The lowest BCUT2D eigenvalue weighted by molar-refractivity contribution is 1.10. The van der Waals surface area contributed by atoms with Crippen molar-refractivity contribution < 1.29 is 0 Å². The van der Waals surface area contributed by atoms with Crippen LogP contribution in [0.2, 0.25) is 0 Å². The van der Waals surface area contributed by atoms with Crippen molar-refractivity contribution in [3.8, 4) is 17.5 Å². The van der Waals surface area contributed by atoms with Gasteiger partial charge in [0.05, 0.1) is 5.69 Å². The molecule has 2 N–H and O–H groups in total. The van der Waals surface area contributed by atoms with Gasteiger partial charge >= 0.3 is 0 Å². The lowest BCUT2D eigenvalue weighted by atomic mass is 10.2. The number of nitrogen functional groups attached to an aromatic ring is 1. The Hall–Kier alpha value is -2.06. The van der Waals surface area contributed by atoms with Crippen molar-refractivity contribution in [3.05, 3.63) is 35.5 Å². The molecular formula is C13H12N4S. The molecule has 0 aliphatic heterocycles. The zero-order valence-corrected chi connectivity index (χ0v) is 11.0. The second-order valence-corrected chi connectivity index (χ2v) is 4.61. The highest BCUT2D eigenvalue weighted by atomic mass is 32.2. The number of anilines is 1. The molecule has 2 rings (SSSR count). The Morgan fingerprint density at radius 1 is 1.22 bits per heavy atom. The highest BCUT2D eigenvalue weighted by Crippen LogP contribution is 2.22. The van der Waals surface area contributed by atoms with E-state index < -0.39 is 0 Å². The molecule has 2 aromatic rings. The highest BCUT2D eigenvalue weighted by Gasteiger charge is 2.09. The second-order valence-electron chi connectivity index (χ2n) is 3.73. The van der Waals surface area contributed by atoms with E-state index in [1.165, 1.54) is 4.90 Å². The Morgan fingerprint density at radius 2 is 1.89 bits per heavy atom. The van der Waals surface area contributed by atoms with Crippen LogP contribution < -0.4 is 5.73 Å². The fraction of sp³-hybridized carbons (Fsp3) is 0.154. The number of hydrogen-bond donors (Lipinski definition) is 1. The number of rotatable bonds is 2. The van der Waals surface area contributed by atoms with E-state index in [1.807, 2.05) is 36.6 Å². The number of nitrogens with two attached hydrogens (primary N) is 1. The predicted molar refractivity (Wildman–Crippen MR) is 73.1 cm³/mol. The zero-order valence-electron chi connectivity index (χ0n) is 10.1. The molecule has 90 valence electrons. The third kappa shape index (κ3) is 2.29. The summed E-state index contributed by atoms with van der Waals surface area (Å²) in [5.74, 6) is 0.783. The maximum Gasteiger partial charge on any atom is 0.161 e. The van der Waals surface area contributed by atoms with Crippen molar-refractivity contribution >= 4 is 17.6 Å². The van der Waals surface area contributed by atoms with Crippen molar-refractivity contribution in [1.82, 2.24) is 9.97 Å². The molecule has 4 nitrogen and oxygen atoms in total. The van der Waals surface area contributed by atoms with Crippen molar-refractivity contribution in [2.24, 2.45) is 0 Å². The van der Waals surface area contributed by atoms with Gasteiger partial charge in [0, 0.05) is 10.5 Å². The fourth-order valence-corrected chi connectivity index (χ4v) is 2.01. The molecular weight excluding hydrogens is 244 g/mol. The average molecular weight is 256 g/mol. The monoisotopic (exact) mass is 256 g/mol. The van der Waals surface area contributed by atoms with Gasteiger partial charge in [0.25, 0.3) is 0 Å². The summed E-state index contributed by atoms with van der Waals surface area (Å²) in [6.07, 6.45) is 2.02. The minimum Gasteiger partial charge on any atom is -0.382 e. The topological polar surface area (TPSA) is 75.6 Å². The summed E-state index contributed by atoms with van der Waals surface area (Å²) in [7, 11) is 0. The first-order valence-corrected chi connectivity index (χ1v) is 6.57. The van der Waals surface area contributed by atoms with E-state index in [0.29, 0.717) is 17.1 Å². The fourth-order valence-electron chi connectivity index (χ4n) is 1.60. The SMILES string of the molecule is CSc1ccc(-c2nc(C)c(C#N)c(N)n2)cc1. The van der Waals surface area contributed by atoms with Gasteiger partial charge in [-0.1, -0.05) is 12.1 Å². The van der Waals surface area contributed by atoms with Crippen LogP contribution in [0.25, 0.3) is 11.4 Å². The molecule has 1 aromatic heterocycles. The van der Waals surface area contributed by atoms with Gasteiger partial charge in [-0.25, -0.2) is 9.97 Å².